The Morgan fingerprint density at radius 2 is 2.57 bits per heavy atom. The number of aliphatic hydroxyl groups is 1. The first-order valence-corrected chi connectivity index (χ1v) is 3.11. The molecule has 1 rings (SSSR count). The van der Waals surface area contributed by atoms with Crippen molar-refractivity contribution in [3.8, 4) is 0 Å². The Morgan fingerprint density at radius 1 is 1.86 bits per heavy atom. The highest BCUT2D eigenvalue weighted by Crippen LogP contribution is 2.22. The first-order chi connectivity index (χ1) is 3.29. The van der Waals surface area contributed by atoms with Gasteiger partial charge in [-0.15, -0.1) is 0 Å². The number of aliphatic hydroxyl groups excluding tert-OH is 1. The minimum atomic E-state index is -0.116. The average molecular weight is 163 g/mol. The number of hydrogen-bond acceptors (Lipinski definition) is 1. The zero-order valence-electron chi connectivity index (χ0n) is 3.89. The van der Waals surface area contributed by atoms with E-state index in [0.717, 1.165) is 17.3 Å². The molecule has 7 heavy (non-hydrogen) atoms. The molecule has 0 radical (unpaired) electrons. The van der Waals surface area contributed by atoms with Gasteiger partial charge in [0.2, 0.25) is 0 Å². The van der Waals surface area contributed by atoms with Crippen LogP contribution in [0.25, 0.3) is 0 Å². The largest absolute Gasteiger partial charge is 0.392 e. The van der Waals surface area contributed by atoms with Gasteiger partial charge in [-0.1, -0.05) is 22.0 Å². The van der Waals surface area contributed by atoms with Crippen molar-refractivity contribution >= 4 is 15.9 Å². The van der Waals surface area contributed by atoms with Crippen LogP contribution in [0.3, 0.4) is 0 Å². The van der Waals surface area contributed by atoms with Crippen LogP contribution in [0.2, 0.25) is 0 Å². The second-order valence-electron chi connectivity index (χ2n) is 1.74. The van der Waals surface area contributed by atoms with Crippen molar-refractivity contribution in [3.63, 3.8) is 0 Å². The van der Waals surface area contributed by atoms with E-state index in [1.807, 2.05) is 6.08 Å². The summed E-state index contributed by atoms with van der Waals surface area (Å²) in [6.45, 7) is 0. The fraction of sp³-hybridized carbons (Fsp3) is 0.600. The Labute approximate surface area is 51.2 Å². The first-order valence-electron chi connectivity index (χ1n) is 2.31. The Morgan fingerprint density at radius 3 is 2.71 bits per heavy atom. The summed E-state index contributed by atoms with van der Waals surface area (Å²) in [6.07, 6.45) is 3.51. The number of halogens is 1. The lowest BCUT2D eigenvalue weighted by Crippen LogP contribution is -1.96. The highest BCUT2D eigenvalue weighted by Gasteiger charge is 2.10. The van der Waals surface area contributed by atoms with Crippen molar-refractivity contribution in [1.82, 2.24) is 0 Å². The summed E-state index contributed by atoms with van der Waals surface area (Å²) in [7, 11) is 0. The lowest BCUT2D eigenvalue weighted by atomic mass is 10.3. The molecular formula is C5H7BrO. The predicted octanol–water partition coefficient (Wildman–Crippen LogP) is 1.42. The Balaban J connectivity index is 2.42. The summed E-state index contributed by atoms with van der Waals surface area (Å²) in [5.74, 6) is 0. The van der Waals surface area contributed by atoms with Crippen molar-refractivity contribution in [3.05, 3.63) is 10.6 Å². The van der Waals surface area contributed by atoms with Crippen LogP contribution in [0, 0.1) is 0 Å². The topological polar surface area (TPSA) is 20.2 Å². The van der Waals surface area contributed by atoms with Crippen LogP contribution in [0.5, 0.6) is 0 Å². The van der Waals surface area contributed by atoms with Gasteiger partial charge in [-0.05, 0) is 10.9 Å². The van der Waals surface area contributed by atoms with E-state index in [1.54, 1.807) is 0 Å². The molecule has 1 nitrogen and oxygen atoms in total. The molecule has 0 heterocycles. The summed E-state index contributed by atoms with van der Waals surface area (Å²) in [5.41, 5.74) is 0. The van der Waals surface area contributed by atoms with Gasteiger partial charge in [-0.25, -0.2) is 0 Å². The zero-order chi connectivity index (χ0) is 5.28. The fourth-order valence-electron chi connectivity index (χ4n) is 0.656. The summed E-state index contributed by atoms with van der Waals surface area (Å²) >= 11 is 3.28. The molecule has 0 bridgehead atoms. The molecule has 0 amide bonds. The minimum Gasteiger partial charge on any atom is -0.392 e. The highest BCUT2D eigenvalue weighted by molar-refractivity contribution is 9.11. The maximum absolute atomic E-state index is 8.82. The van der Waals surface area contributed by atoms with Crippen molar-refractivity contribution in [2.24, 2.45) is 0 Å². The molecule has 1 atom stereocenters. The van der Waals surface area contributed by atoms with E-state index in [1.165, 1.54) is 0 Å². The van der Waals surface area contributed by atoms with Gasteiger partial charge < -0.3 is 5.11 Å². The molecule has 0 aromatic heterocycles. The lowest BCUT2D eigenvalue weighted by molar-refractivity contribution is 0.189. The van der Waals surface area contributed by atoms with E-state index in [-0.39, 0.29) is 6.10 Å². The molecule has 0 spiro atoms. The van der Waals surface area contributed by atoms with Crippen LogP contribution in [0.4, 0.5) is 0 Å². The molecule has 1 unspecified atom stereocenters. The van der Waals surface area contributed by atoms with E-state index >= 15 is 0 Å². The van der Waals surface area contributed by atoms with Gasteiger partial charge in [0.25, 0.3) is 0 Å². The van der Waals surface area contributed by atoms with Crippen LogP contribution in [-0.2, 0) is 0 Å². The second-order valence-corrected chi connectivity index (χ2v) is 2.76. The van der Waals surface area contributed by atoms with Crippen LogP contribution in [-0.4, -0.2) is 11.2 Å². The summed E-state index contributed by atoms with van der Waals surface area (Å²) in [6, 6.07) is 0. The molecule has 40 valence electrons. The summed E-state index contributed by atoms with van der Waals surface area (Å²) in [4.78, 5) is 0. The van der Waals surface area contributed by atoms with Gasteiger partial charge in [-0.3, -0.25) is 0 Å². The lowest BCUT2D eigenvalue weighted by Gasteiger charge is -1.93. The second kappa shape index (κ2) is 1.97. The predicted molar refractivity (Wildman–Crippen MR) is 32.3 cm³/mol. The maximum atomic E-state index is 8.82. The van der Waals surface area contributed by atoms with Gasteiger partial charge >= 0.3 is 0 Å². The summed E-state index contributed by atoms with van der Waals surface area (Å²) in [5, 5.41) is 8.82. The maximum Gasteiger partial charge on any atom is 0.0620 e. The van der Waals surface area contributed by atoms with Gasteiger partial charge in [0.1, 0.15) is 0 Å². The smallest absolute Gasteiger partial charge is 0.0620 e. The van der Waals surface area contributed by atoms with Crippen molar-refractivity contribution in [2.45, 2.75) is 18.9 Å². The zero-order valence-corrected chi connectivity index (χ0v) is 5.48. The van der Waals surface area contributed by atoms with Gasteiger partial charge in [0.05, 0.1) is 6.10 Å². The third kappa shape index (κ3) is 1.28. The van der Waals surface area contributed by atoms with E-state index in [4.69, 9.17) is 5.11 Å². The Kier molecular flexibility index (Phi) is 1.50. The van der Waals surface area contributed by atoms with E-state index in [0.29, 0.717) is 0 Å². The number of rotatable bonds is 0. The molecule has 0 aliphatic heterocycles. The standard InChI is InChI=1S/C5H7BrO/c6-4-1-2-5(7)3-4/h1,5,7H,2-3H2. The molecular weight excluding hydrogens is 156 g/mol. The van der Waals surface area contributed by atoms with Crippen LogP contribution in [0.15, 0.2) is 10.6 Å². The molecule has 2 heteroatoms. The molecule has 0 aromatic carbocycles. The third-order valence-electron chi connectivity index (χ3n) is 1.04. The van der Waals surface area contributed by atoms with Gasteiger partial charge in [0, 0.05) is 6.42 Å². The normalized spacial score (nSPS) is 30.6. The Hall–Kier alpha value is 0.180. The quantitative estimate of drug-likeness (QED) is 0.572. The van der Waals surface area contributed by atoms with E-state index in [9.17, 15) is 0 Å². The third-order valence-corrected chi connectivity index (χ3v) is 1.69. The SMILES string of the molecule is OC1CC=C(Br)C1. The monoisotopic (exact) mass is 162 g/mol. The highest BCUT2D eigenvalue weighted by atomic mass is 79.9. The summed E-state index contributed by atoms with van der Waals surface area (Å²) < 4.78 is 1.14. The van der Waals surface area contributed by atoms with Crippen molar-refractivity contribution < 1.29 is 5.11 Å². The van der Waals surface area contributed by atoms with Crippen LogP contribution in [0.1, 0.15) is 12.8 Å². The van der Waals surface area contributed by atoms with E-state index < -0.39 is 0 Å². The fourth-order valence-corrected chi connectivity index (χ4v) is 1.22. The first kappa shape index (κ1) is 5.32. The van der Waals surface area contributed by atoms with E-state index in [2.05, 4.69) is 15.9 Å². The molecule has 0 aromatic rings. The molecule has 1 aliphatic carbocycles. The van der Waals surface area contributed by atoms with Crippen molar-refractivity contribution in [2.75, 3.05) is 0 Å². The van der Waals surface area contributed by atoms with Gasteiger partial charge in [-0.2, -0.15) is 0 Å². The van der Waals surface area contributed by atoms with Crippen LogP contribution >= 0.6 is 15.9 Å². The molecule has 0 saturated heterocycles. The molecule has 1 aliphatic rings. The number of hydrogen-bond donors (Lipinski definition) is 1. The van der Waals surface area contributed by atoms with Gasteiger partial charge in [0.15, 0.2) is 0 Å². The molecule has 0 fully saturated rings. The molecule has 1 N–H and O–H groups in total. The van der Waals surface area contributed by atoms with Crippen LogP contribution < -0.4 is 0 Å². The van der Waals surface area contributed by atoms with Crippen molar-refractivity contribution in [1.29, 1.82) is 0 Å². The molecule has 0 saturated carbocycles. The average Bonchev–Trinajstić information content (AvgIpc) is 1.87. The Bertz CT molecular complexity index is 98.3. The minimum absolute atomic E-state index is 0.116.